The molecular formula is C20H18F3N5O3S. The highest BCUT2D eigenvalue weighted by molar-refractivity contribution is 7.89. The molecular weight excluding hydrogens is 447 g/mol. The van der Waals surface area contributed by atoms with Crippen LogP contribution in [-0.4, -0.2) is 60.4 Å². The van der Waals surface area contributed by atoms with Crippen molar-refractivity contribution in [3.8, 4) is 17.0 Å². The first kappa shape index (κ1) is 22.0. The van der Waals surface area contributed by atoms with Crippen molar-refractivity contribution in [3.05, 3.63) is 60.9 Å². The van der Waals surface area contributed by atoms with Crippen molar-refractivity contribution in [2.24, 2.45) is 0 Å². The summed E-state index contributed by atoms with van der Waals surface area (Å²) in [6.07, 6.45) is -1.50. The molecule has 2 aromatic heterocycles. The summed E-state index contributed by atoms with van der Waals surface area (Å²) in [5, 5.41) is 8.47. The molecule has 0 aliphatic carbocycles. The first-order valence-electron chi connectivity index (χ1n) is 9.57. The van der Waals surface area contributed by atoms with Crippen LogP contribution < -0.4 is 9.64 Å². The molecule has 1 aliphatic heterocycles. The predicted octanol–water partition coefficient (Wildman–Crippen LogP) is 2.95. The molecule has 1 saturated heterocycles. The summed E-state index contributed by atoms with van der Waals surface area (Å²) in [6.45, 7) is 1.21. The van der Waals surface area contributed by atoms with Crippen LogP contribution in [0.1, 0.15) is 0 Å². The maximum atomic E-state index is 12.8. The minimum Gasteiger partial charge on any atom is -0.406 e. The lowest BCUT2D eigenvalue weighted by Gasteiger charge is -2.34. The zero-order valence-electron chi connectivity index (χ0n) is 16.6. The van der Waals surface area contributed by atoms with Crippen molar-refractivity contribution in [3.63, 3.8) is 0 Å². The molecule has 1 fully saturated rings. The van der Waals surface area contributed by atoms with Crippen LogP contribution in [0.2, 0.25) is 0 Å². The molecule has 32 heavy (non-hydrogen) atoms. The van der Waals surface area contributed by atoms with E-state index in [9.17, 15) is 21.6 Å². The highest BCUT2D eigenvalue weighted by atomic mass is 32.2. The van der Waals surface area contributed by atoms with Crippen LogP contribution in [-0.2, 0) is 10.0 Å². The second-order valence-electron chi connectivity index (χ2n) is 6.92. The van der Waals surface area contributed by atoms with Crippen molar-refractivity contribution >= 4 is 15.8 Å². The molecule has 3 aromatic rings. The second kappa shape index (κ2) is 8.71. The van der Waals surface area contributed by atoms with Crippen LogP contribution in [0.4, 0.5) is 19.0 Å². The van der Waals surface area contributed by atoms with Crippen molar-refractivity contribution in [2.45, 2.75) is 11.3 Å². The summed E-state index contributed by atoms with van der Waals surface area (Å²) in [5.41, 5.74) is 1.59. The van der Waals surface area contributed by atoms with Crippen LogP contribution in [0.25, 0.3) is 11.3 Å². The third kappa shape index (κ3) is 4.97. The SMILES string of the molecule is O=S(=O)(c1ccc(OC(F)(F)F)cc1)N1CCN(c2ccc(-c3ccncc3)nn2)CC1. The monoisotopic (exact) mass is 465 g/mol. The summed E-state index contributed by atoms with van der Waals surface area (Å²) in [5.74, 6) is 0.156. The van der Waals surface area contributed by atoms with Crippen molar-refractivity contribution < 1.29 is 26.3 Å². The minimum absolute atomic E-state index is 0.0954. The lowest BCUT2D eigenvalue weighted by Crippen LogP contribution is -2.49. The molecule has 8 nitrogen and oxygen atoms in total. The number of hydrogen-bond donors (Lipinski definition) is 0. The Labute approximate surface area is 182 Å². The van der Waals surface area contributed by atoms with Gasteiger partial charge in [-0.05, 0) is 48.5 Å². The average molecular weight is 465 g/mol. The van der Waals surface area contributed by atoms with E-state index in [1.54, 1.807) is 12.4 Å². The Kier molecular flexibility index (Phi) is 5.98. The largest absolute Gasteiger partial charge is 0.573 e. The number of aromatic nitrogens is 3. The molecule has 4 rings (SSSR count). The van der Waals surface area contributed by atoms with E-state index in [0.29, 0.717) is 24.6 Å². The number of benzene rings is 1. The Morgan fingerprint density at radius 1 is 0.844 bits per heavy atom. The number of pyridine rings is 1. The number of nitrogens with zero attached hydrogens (tertiary/aromatic N) is 5. The van der Waals surface area contributed by atoms with Gasteiger partial charge in [0.2, 0.25) is 10.0 Å². The maximum Gasteiger partial charge on any atom is 0.573 e. The third-order valence-electron chi connectivity index (χ3n) is 4.88. The van der Waals surface area contributed by atoms with Crippen LogP contribution >= 0.6 is 0 Å². The van der Waals surface area contributed by atoms with Crippen LogP contribution in [0.5, 0.6) is 5.75 Å². The molecule has 3 heterocycles. The van der Waals surface area contributed by atoms with Crippen LogP contribution in [0.3, 0.4) is 0 Å². The van der Waals surface area contributed by atoms with Gasteiger partial charge in [0.1, 0.15) is 5.75 Å². The quantitative estimate of drug-likeness (QED) is 0.573. The van der Waals surface area contributed by atoms with Gasteiger partial charge in [-0.15, -0.1) is 23.4 Å². The van der Waals surface area contributed by atoms with Gasteiger partial charge in [0, 0.05) is 44.1 Å². The number of hydrogen-bond acceptors (Lipinski definition) is 7. The van der Waals surface area contributed by atoms with Crippen molar-refractivity contribution in [1.29, 1.82) is 0 Å². The van der Waals surface area contributed by atoms with Gasteiger partial charge >= 0.3 is 6.36 Å². The Morgan fingerprint density at radius 2 is 1.50 bits per heavy atom. The normalized spacial score (nSPS) is 15.5. The van der Waals surface area contributed by atoms with E-state index in [-0.39, 0.29) is 18.0 Å². The molecule has 0 radical (unpaired) electrons. The zero-order chi connectivity index (χ0) is 22.8. The second-order valence-corrected chi connectivity index (χ2v) is 8.86. The number of sulfonamides is 1. The maximum absolute atomic E-state index is 12.8. The summed E-state index contributed by atoms with van der Waals surface area (Å²) in [7, 11) is -3.84. The van der Waals surface area contributed by atoms with Crippen LogP contribution in [0, 0.1) is 0 Å². The topological polar surface area (TPSA) is 88.5 Å². The highest BCUT2D eigenvalue weighted by Gasteiger charge is 2.32. The van der Waals surface area contributed by atoms with Crippen molar-refractivity contribution in [2.75, 3.05) is 31.1 Å². The fourth-order valence-electron chi connectivity index (χ4n) is 3.29. The number of ether oxygens (including phenoxy) is 1. The van der Waals surface area contributed by atoms with Gasteiger partial charge in [-0.2, -0.15) is 4.31 Å². The van der Waals surface area contributed by atoms with E-state index in [2.05, 4.69) is 19.9 Å². The van der Waals surface area contributed by atoms with E-state index in [1.165, 1.54) is 4.31 Å². The molecule has 0 spiro atoms. The first-order chi connectivity index (χ1) is 15.2. The van der Waals surface area contributed by atoms with E-state index in [1.807, 2.05) is 29.2 Å². The summed E-state index contributed by atoms with van der Waals surface area (Å²) in [6, 6.07) is 11.5. The molecule has 12 heteroatoms. The molecule has 0 N–H and O–H groups in total. The summed E-state index contributed by atoms with van der Waals surface area (Å²) in [4.78, 5) is 5.80. The van der Waals surface area contributed by atoms with Gasteiger partial charge in [0.15, 0.2) is 5.82 Å². The van der Waals surface area contributed by atoms with E-state index < -0.39 is 22.1 Å². The Morgan fingerprint density at radius 3 is 2.06 bits per heavy atom. The smallest absolute Gasteiger partial charge is 0.406 e. The van der Waals surface area contributed by atoms with Gasteiger partial charge in [0.05, 0.1) is 10.6 Å². The van der Waals surface area contributed by atoms with Gasteiger partial charge in [0.25, 0.3) is 0 Å². The van der Waals surface area contributed by atoms with Gasteiger partial charge < -0.3 is 9.64 Å². The number of anilines is 1. The zero-order valence-corrected chi connectivity index (χ0v) is 17.4. The highest BCUT2D eigenvalue weighted by Crippen LogP contribution is 2.26. The summed E-state index contributed by atoms with van der Waals surface area (Å²) < 4.78 is 67.6. The van der Waals surface area contributed by atoms with E-state index in [4.69, 9.17) is 0 Å². The molecule has 168 valence electrons. The van der Waals surface area contributed by atoms with Gasteiger partial charge in [-0.1, -0.05) is 0 Å². The Balaban J connectivity index is 1.39. The molecule has 1 aromatic carbocycles. The standard InChI is InChI=1S/C20H18F3N5O3S/c21-20(22,23)31-16-1-3-17(4-2-16)32(29,30)28-13-11-27(12-14-28)19-6-5-18(25-26-19)15-7-9-24-10-8-15/h1-10H,11-14H2. The van der Waals surface area contributed by atoms with Crippen molar-refractivity contribution in [1.82, 2.24) is 19.5 Å². The molecule has 0 unspecified atom stereocenters. The predicted molar refractivity (Wildman–Crippen MR) is 109 cm³/mol. The summed E-state index contributed by atoms with van der Waals surface area (Å²) >= 11 is 0. The molecule has 1 aliphatic rings. The average Bonchev–Trinajstić information content (AvgIpc) is 2.79. The number of piperazine rings is 1. The van der Waals surface area contributed by atoms with Crippen LogP contribution in [0.15, 0.2) is 65.8 Å². The number of halogens is 3. The van der Waals surface area contributed by atoms with E-state index in [0.717, 1.165) is 29.8 Å². The minimum atomic E-state index is -4.84. The third-order valence-corrected chi connectivity index (χ3v) is 6.80. The van der Waals surface area contributed by atoms with E-state index >= 15 is 0 Å². The molecule has 0 amide bonds. The van der Waals surface area contributed by atoms with Gasteiger partial charge in [-0.3, -0.25) is 4.98 Å². The van der Waals surface area contributed by atoms with Gasteiger partial charge in [-0.25, -0.2) is 8.42 Å². The Hall–Kier alpha value is -3.25. The lowest BCUT2D eigenvalue weighted by atomic mass is 10.2. The molecule has 0 bridgehead atoms. The Bertz CT molecular complexity index is 1150. The molecule has 0 saturated carbocycles. The lowest BCUT2D eigenvalue weighted by molar-refractivity contribution is -0.274. The number of rotatable bonds is 5. The fraction of sp³-hybridized carbons (Fsp3) is 0.250. The molecule has 0 atom stereocenters. The number of alkyl halides is 3. The fourth-order valence-corrected chi connectivity index (χ4v) is 4.71. The first-order valence-corrected chi connectivity index (χ1v) is 11.0.